The maximum absolute atomic E-state index is 15.1. The first-order chi connectivity index (χ1) is 51.2. The summed E-state index contributed by atoms with van der Waals surface area (Å²) in [6.45, 7) is 11.7. The number of aromatic amines is 3. The van der Waals surface area contributed by atoms with Crippen molar-refractivity contribution in [2.24, 2.45) is 0 Å². The zero-order chi connectivity index (χ0) is 82.6. The highest BCUT2D eigenvalue weighted by Gasteiger charge is 2.72. The summed E-state index contributed by atoms with van der Waals surface area (Å²) >= 11 is 0. The summed E-state index contributed by atoms with van der Waals surface area (Å²) in [5, 5.41) is 31.5. The minimum absolute atomic E-state index is 0.560. The van der Waals surface area contributed by atoms with Gasteiger partial charge >= 0.3 is 57.3 Å². The van der Waals surface area contributed by atoms with E-state index in [9.17, 15) is 81.2 Å². The largest absolute Gasteiger partial charge is 0.510 e. The molecule has 6 N–H and O–H groups in total. The van der Waals surface area contributed by atoms with Gasteiger partial charge in [0.2, 0.25) is 25.2 Å². The number of methoxy groups -OCH3 is 2. The predicted molar refractivity (Wildman–Crippen MR) is 355 cm³/mol. The van der Waals surface area contributed by atoms with Gasteiger partial charge in [-0.15, -0.1) is 0 Å². The van der Waals surface area contributed by atoms with Gasteiger partial charge in [0.1, 0.15) is 55.1 Å². The van der Waals surface area contributed by atoms with Crippen molar-refractivity contribution in [3.05, 3.63) is 99.3 Å². The van der Waals surface area contributed by atoms with Crippen LogP contribution in [0.3, 0.4) is 0 Å². The van der Waals surface area contributed by atoms with Gasteiger partial charge in [-0.1, -0.05) is 0 Å². The van der Waals surface area contributed by atoms with Crippen LogP contribution in [0.5, 0.6) is 0 Å². The lowest BCUT2D eigenvalue weighted by Gasteiger charge is -2.32. The van der Waals surface area contributed by atoms with Crippen LogP contribution in [-0.2, 0) is 117 Å². The first-order valence-corrected chi connectivity index (χ1v) is 36.2. The lowest BCUT2D eigenvalue weighted by atomic mass is 9.88. The van der Waals surface area contributed by atoms with E-state index in [1.165, 1.54) is 55.0 Å². The summed E-state index contributed by atoms with van der Waals surface area (Å²) in [7, 11) is -7.39. The molecule has 8 rings (SSSR count). The van der Waals surface area contributed by atoms with E-state index in [0.717, 1.165) is 74.3 Å². The Morgan fingerprint density at radius 2 is 0.755 bits per heavy atom. The summed E-state index contributed by atoms with van der Waals surface area (Å²) < 4.78 is 194. The highest BCUT2D eigenvalue weighted by atomic mass is 31.2. The van der Waals surface area contributed by atoms with Gasteiger partial charge in [0.05, 0.1) is 44.2 Å². The molecule has 0 bridgehead atoms. The molecule has 624 valence electrons. The Bertz CT molecular complexity index is 4030. The lowest BCUT2D eigenvalue weighted by Crippen LogP contribution is -2.53. The second-order valence-electron chi connectivity index (χ2n) is 26.3. The molecule has 5 saturated heterocycles. The molecule has 0 radical (unpaired) electrons. The molecule has 6 unspecified atom stereocenters. The molecule has 49 heteroatoms. The predicted octanol–water partition coefficient (Wildman–Crippen LogP) is 3.58. The van der Waals surface area contributed by atoms with E-state index >= 15 is 4.39 Å². The number of rotatable bonds is 31. The molecular weight excluding hydrogens is 1540 g/mol. The zero-order valence-electron chi connectivity index (χ0n) is 62.4. The fraction of sp³-hybridized carbons (Fsp3) is 0.738. The molecule has 5 aliphatic heterocycles. The van der Waals surface area contributed by atoms with Crippen molar-refractivity contribution in [1.29, 1.82) is 0 Å². The third kappa shape index (κ3) is 22.1. The number of aliphatic hydroxyl groups is 3. The quantitative estimate of drug-likeness (QED) is 0.0232. The Labute approximate surface area is 622 Å². The highest BCUT2D eigenvalue weighted by molar-refractivity contribution is 7.48. The van der Waals surface area contributed by atoms with Crippen molar-refractivity contribution in [3.8, 4) is 0 Å². The number of aliphatic hydroxyl groups excluding tert-OH is 2. The number of phosphoric ester groups is 2. The second kappa shape index (κ2) is 37.5. The van der Waals surface area contributed by atoms with E-state index in [2.05, 4.69) is 9.97 Å². The molecule has 0 amide bonds. The van der Waals surface area contributed by atoms with Crippen LogP contribution in [0.1, 0.15) is 123 Å². The second-order valence-corrected chi connectivity index (χ2v) is 29.4. The number of halogens is 3. The van der Waals surface area contributed by atoms with Crippen LogP contribution in [0.4, 0.5) is 32.3 Å². The van der Waals surface area contributed by atoms with Gasteiger partial charge in [-0.05, 0) is 104 Å². The number of H-pyrrole nitrogens is 3. The van der Waals surface area contributed by atoms with E-state index in [1.807, 2.05) is 4.98 Å². The number of nitrogens with one attached hydrogen (secondary N) is 3. The fourth-order valence-corrected chi connectivity index (χ4v) is 14.0. The summed E-state index contributed by atoms with van der Waals surface area (Å²) in [6.07, 6.45) is -19.3. The van der Waals surface area contributed by atoms with E-state index in [1.54, 1.807) is 34.6 Å². The molecule has 0 aromatic carbocycles. The van der Waals surface area contributed by atoms with E-state index in [-0.39, 0.29) is 0 Å². The molecule has 0 spiro atoms. The van der Waals surface area contributed by atoms with Crippen LogP contribution >= 0.6 is 15.6 Å². The molecule has 0 saturated carbocycles. The molecule has 5 fully saturated rings. The molecule has 3 aromatic heterocycles. The average Bonchev–Trinajstić information content (AvgIpc) is 1.56. The number of hydrogen-bond donors (Lipinski definition) is 6. The van der Waals surface area contributed by atoms with Crippen molar-refractivity contribution >= 4 is 40.3 Å². The van der Waals surface area contributed by atoms with Crippen LogP contribution in [-0.4, -0.2) is 237 Å². The van der Waals surface area contributed by atoms with E-state index < -0.39 is 247 Å². The number of aromatic nitrogens is 6. The third-order valence-corrected chi connectivity index (χ3v) is 18.9. The molecule has 18 atom stereocenters. The lowest BCUT2D eigenvalue weighted by molar-refractivity contribution is -0.283. The zero-order valence-corrected chi connectivity index (χ0v) is 64.2. The topological polar surface area (TPSA) is 540 Å². The van der Waals surface area contributed by atoms with Gasteiger partial charge in [-0.3, -0.25) is 52.1 Å². The smallest absolute Gasteiger partial charge is 0.432 e. The Hall–Kier alpha value is -7.35. The van der Waals surface area contributed by atoms with Gasteiger partial charge in [0, 0.05) is 51.0 Å². The summed E-state index contributed by atoms with van der Waals surface area (Å²) in [4.78, 5) is 125. The van der Waals surface area contributed by atoms with Crippen LogP contribution in [0.25, 0.3) is 0 Å². The minimum Gasteiger partial charge on any atom is -0.432 e. The monoisotopic (exact) mass is 1630 g/mol. The van der Waals surface area contributed by atoms with Crippen LogP contribution in [0.2, 0.25) is 0 Å². The summed E-state index contributed by atoms with van der Waals surface area (Å²) in [6, 6.07) is 3.08. The van der Waals surface area contributed by atoms with Crippen molar-refractivity contribution in [2.75, 3.05) is 54.1 Å². The van der Waals surface area contributed by atoms with Gasteiger partial charge in [0.15, 0.2) is 35.5 Å². The molecule has 3 aromatic rings. The Morgan fingerprint density at radius 3 is 1.04 bits per heavy atom. The van der Waals surface area contributed by atoms with Crippen molar-refractivity contribution < 1.29 is 164 Å². The summed E-state index contributed by atoms with van der Waals surface area (Å²) in [5.74, 6) is 0. The first-order valence-electron chi connectivity index (χ1n) is 33.3. The first kappa shape index (κ1) is 91.5. The van der Waals surface area contributed by atoms with Crippen LogP contribution < -0.4 is 33.7 Å². The summed E-state index contributed by atoms with van der Waals surface area (Å²) in [5.41, 5.74) is -16.5. The van der Waals surface area contributed by atoms with Gasteiger partial charge < -0.3 is 95.8 Å². The van der Waals surface area contributed by atoms with Crippen LogP contribution in [0.15, 0.2) is 65.6 Å². The van der Waals surface area contributed by atoms with E-state index in [0.29, 0.717) is 4.57 Å². The number of fused-ring (bicyclic) bond motifs is 2. The van der Waals surface area contributed by atoms with Crippen LogP contribution in [0, 0.1) is 0 Å². The van der Waals surface area contributed by atoms with Crippen molar-refractivity contribution in [1.82, 2.24) is 28.7 Å². The normalized spacial score (nSPS) is 30.3. The molecule has 8 heterocycles. The standard InChI is InChI=1S/C25H38FN2O16P.C23H36FN2O15P.C13H17FN2O7/c1-13(2)36-21(31)38-15(5)43-45(33,44-16(6)39-22(32)37-14(3)4)35-12-25(11-26)18-24(7,42-23(34-8)40-18)19(41-25)28-10-9-17(29)27-20(28)30;1-12(2)35-20(30)37-14(5)40-42(33,41-15(6)38-21(31)36-13(3)4)34-11-23(10-24)17(28)22(7,32)18(39-23)26-9-8-16(27)25-19(26)29;1-12-8(21-11(20-2)23-12)13(5-14,6-17)22-9(12)16-4-3-7(18)15-10(16)19/h9-10,13-16,18-19,23H,11-12H2,1-8H3,(H,27,29,30);8-9,12-15,17-18,28,32H,10-11H2,1-7H3,(H,25,27,29);3-4,8-9,11,17H,5-6H2,1-2H3,(H,15,18,19)/t15?,16?,18-,19+,23?,24+,25+,45?;14?,15?,17-,18+,22+,23+,42?;8-,9+,11?,12+,13+/m000/s1. The maximum Gasteiger partial charge on any atom is 0.510 e. The highest BCUT2D eigenvalue weighted by Crippen LogP contribution is 2.59. The number of phosphoric acid groups is 2. The van der Waals surface area contributed by atoms with Gasteiger partial charge in [-0.2, -0.15) is 0 Å². The van der Waals surface area contributed by atoms with E-state index in [4.69, 9.17) is 108 Å². The molecule has 44 nitrogen and oxygen atoms in total. The number of nitrogens with zero attached hydrogens (tertiary/aromatic N) is 3. The van der Waals surface area contributed by atoms with Crippen molar-refractivity contribution in [3.63, 3.8) is 0 Å². The molecule has 0 aliphatic carbocycles. The number of ether oxygens (including phenoxy) is 17. The number of carbonyl (C=O) groups excluding carboxylic acids is 4. The molecule has 5 aliphatic rings. The number of carbonyl (C=O) groups is 4. The Kier molecular flexibility index (Phi) is 31.2. The number of alkyl halides is 3. The minimum atomic E-state index is -5.02. The van der Waals surface area contributed by atoms with Crippen molar-refractivity contribution in [2.45, 2.75) is 237 Å². The third-order valence-electron chi connectivity index (χ3n) is 15.8. The Balaban J connectivity index is 0.000000270. The van der Waals surface area contributed by atoms with Gasteiger partial charge in [-0.25, -0.2) is 74.0 Å². The molecule has 110 heavy (non-hydrogen) atoms. The SMILES string of the molecule is CC(C)OC(=O)OC(C)OP(=O)(OC[C@@]1(CF)O[C@@H](n2ccc(=O)[nH]c2=O)[C@](C)(O)[C@@H]1O)OC(C)OC(=O)OC(C)C.COC1O[C@@H]2[C@@](CF)(COP(=O)(OC(C)OC(=O)OC(C)C)OC(C)OC(=O)OC(C)C)O[C@@H](n3ccc(=O)[nH]c3=O)[C@]2(C)O1.COC1O[C@@H]2[C@](CO)(CF)O[C@@H](n3ccc(=O)[nH]c3=O)[C@]2(C)O1. The maximum atomic E-state index is 15.1. The average molecular weight is 1640 g/mol. The number of hydrogen-bond acceptors (Lipinski definition) is 38. The van der Waals surface area contributed by atoms with Gasteiger partial charge in [0.25, 0.3) is 29.6 Å². The molecular formula is C61H91F3N6O38P2. The Morgan fingerprint density at radius 1 is 0.473 bits per heavy atom. The fourth-order valence-electron chi connectivity index (χ4n) is 11.2.